The average molecular weight is 425 g/mol. The van der Waals surface area contributed by atoms with Crippen molar-refractivity contribution in [2.45, 2.75) is 59.0 Å². The van der Waals surface area contributed by atoms with Gasteiger partial charge in [-0.3, -0.25) is 9.59 Å². The van der Waals surface area contributed by atoms with Gasteiger partial charge in [0.2, 0.25) is 5.91 Å². The third-order valence-electron chi connectivity index (χ3n) is 6.49. The molecule has 0 aliphatic carbocycles. The molecule has 3 heterocycles. The van der Waals surface area contributed by atoms with E-state index in [-0.39, 0.29) is 29.7 Å². The van der Waals surface area contributed by atoms with Crippen LogP contribution < -0.4 is 5.32 Å². The third-order valence-corrected chi connectivity index (χ3v) is 6.49. The molecule has 7 nitrogen and oxygen atoms in total. The number of nitrogens with one attached hydrogen (secondary N) is 2. The number of carbonyl (C=O) groups excluding carboxylic acids is 3. The number of rotatable bonds is 6. The zero-order valence-electron chi connectivity index (χ0n) is 19.0. The summed E-state index contributed by atoms with van der Waals surface area (Å²) in [5, 5.41) is 4.02. The number of H-pyrrole nitrogens is 1. The quantitative estimate of drug-likeness (QED) is 0.697. The van der Waals surface area contributed by atoms with E-state index in [1.165, 1.54) is 4.90 Å². The van der Waals surface area contributed by atoms with E-state index in [1.807, 2.05) is 52.0 Å². The Morgan fingerprint density at radius 3 is 2.55 bits per heavy atom. The molecular weight excluding hydrogens is 392 g/mol. The molecule has 0 spiro atoms. The number of carbonyl (C=O) groups is 3. The molecule has 4 rings (SSSR count). The standard InChI is InChI=1S/C24H32N4O3/c1-14(2)12-19(21(29)25-13-15(3)4)28-22(30)24(5)20-17(10-11-27(24)23(28)31)16-8-6-7-9-18(16)26-20/h6-9,14-15,19,26H,10-13H2,1-5H3,(H,25,29). The summed E-state index contributed by atoms with van der Waals surface area (Å²) in [5.74, 6) is -0.143. The number of fused-ring (bicyclic) bond motifs is 5. The van der Waals surface area contributed by atoms with Gasteiger partial charge >= 0.3 is 6.03 Å². The minimum Gasteiger partial charge on any atom is -0.356 e. The molecule has 0 radical (unpaired) electrons. The summed E-state index contributed by atoms with van der Waals surface area (Å²) in [6.45, 7) is 10.8. The van der Waals surface area contributed by atoms with E-state index < -0.39 is 11.6 Å². The summed E-state index contributed by atoms with van der Waals surface area (Å²) < 4.78 is 0. The monoisotopic (exact) mass is 424 g/mol. The number of urea groups is 1. The average Bonchev–Trinajstić information content (AvgIpc) is 3.19. The Bertz CT molecular complexity index is 1040. The highest BCUT2D eigenvalue weighted by atomic mass is 16.2. The van der Waals surface area contributed by atoms with Crippen LogP contribution in [0.1, 0.15) is 52.3 Å². The van der Waals surface area contributed by atoms with Crippen molar-refractivity contribution in [1.29, 1.82) is 0 Å². The first-order valence-electron chi connectivity index (χ1n) is 11.2. The molecule has 2 aromatic rings. The van der Waals surface area contributed by atoms with Crippen molar-refractivity contribution in [3.63, 3.8) is 0 Å². The number of hydrogen-bond acceptors (Lipinski definition) is 3. The number of imide groups is 1. The normalized spacial score (nSPS) is 21.8. The fourth-order valence-electron chi connectivity index (χ4n) is 4.89. The number of hydrogen-bond donors (Lipinski definition) is 2. The van der Waals surface area contributed by atoms with Crippen molar-refractivity contribution in [3.8, 4) is 0 Å². The minimum atomic E-state index is -1.13. The zero-order chi connectivity index (χ0) is 22.5. The lowest BCUT2D eigenvalue weighted by atomic mass is 9.86. The smallest absolute Gasteiger partial charge is 0.328 e. The lowest BCUT2D eigenvalue weighted by Gasteiger charge is -2.36. The summed E-state index contributed by atoms with van der Waals surface area (Å²) >= 11 is 0. The van der Waals surface area contributed by atoms with Crippen LogP contribution >= 0.6 is 0 Å². The Labute approximate surface area is 183 Å². The Morgan fingerprint density at radius 2 is 1.87 bits per heavy atom. The molecule has 0 saturated carbocycles. The van der Waals surface area contributed by atoms with E-state index in [0.717, 1.165) is 22.2 Å². The highest BCUT2D eigenvalue weighted by molar-refractivity contribution is 6.11. The summed E-state index contributed by atoms with van der Waals surface area (Å²) in [7, 11) is 0. The molecule has 2 N–H and O–H groups in total. The Balaban J connectivity index is 1.75. The predicted molar refractivity (Wildman–Crippen MR) is 119 cm³/mol. The van der Waals surface area contributed by atoms with E-state index in [9.17, 15) is 14.4 Å². The first kappa shape index (κ1) is 21.4. The fourth-order valence-corrected chi connectivity index (χ4v) is 4.89. The number of aromatic amines is 1. The molecular formula is C24H32N4O3. The topological polar surface area (TPSA) is 85.5 Å². The highest BCUT2D eigenvalue weighted by Gasteiger charge is 2.60. The summed E-state index contributed by atoms with van der Waals surface area (Å²) in [6.07, 6.45) is 1.11. The second-order valence-corrected chi connectivity index (χ2v) is 9.74. The first-order chi connectivity index (χ1) is 14.7. The molecule has 2 unspecified atom stereocenters. The second-order valence-electron chi connectivity index (χ2n) is 9.74. The van der Waals surface area contributed by atoms with Gasteiger partial charge in [0.1, 0.15) is 6.04 Å². The molecule has 0 bridgehead atoms. The Hall–Kier alpha value is -2.83. The minimum absolute atomic E-state index is 0.157. The SMILES string of the molecule is CC(C)CNC(=O)C(CC(C)C)N1C(=O)N2CCc3c([nH]c4ccccc34)C2(C)C1=O. The van der Waals surface area contributed by atoms with E-state index in [2.05, 4.69) is 10.3 Å². The number of benzene rings is 1. The molecule has 4 amide bonds. The van der Waals surface area contributed by atoms with Crippen LogP contribution in [-0.2, 0) is 21.5 Å². The maximum absolute atomic E-state index is 13.8. The van der Waals surface area contributed by atoms with Crippen molar-refractivity contribution >= 4 is 28.7 Å². The number of para-hydroxylation sites is 1. The Kier molecular flexibility index (Phi) is 5.31. The van der Waals surface area contributed by atoms with E-state index >= 15 is 0 Å². The van der Waals surface area contributed by atoms with Gasteiger partial charge in [0.25, 0.3) is 5.91 Å². The van der Waals surface area contributed by atoms with Crippen molar-refractivity contribution < 1.29 is 14.4 Å². The van der Waals surface area contributed by atoms with Gasteiger partial charge in [0.05, 0.1) is 5.69 Å². The summed E-state index contributed by atoms with van der Waals surface area (Å²) in [5.41, 5.74) is 1.69. The van der Waals surface area contributed by atoms with Gasteiger partial charge in [-0.1, -0.05) is 45.9 Å². The van der Waals surface area contributed by atoms with Crippen molar-refractivity contribution in [2.24, 2.45) is 11.8 Å². The van der Waals surface area contributed by atoms with Crippen LogP contribution in [0.15, 0.2) is 24.3 Å². The lowest BCUT2D eigenvalue weighted by Crippen LogP contribution is -2.52. The van der Waals surface area contributed by atoms with Gasteiger partial charge in [-0.15, -0.1) is 0 Å². The Morgan fingerprint density at radius 1 is 1.16 bits per heavy atom. The molecule has 1 aromatic heterocycles. The predicted octanol–water partition coefficient (Wildman–Crippen LogP) is 3.39. The molecule has 31 heavy (non-hydrogen) atoms. The van der Waals surface area contributed by atoms with Gasteiger partial charge < -0.3 is 15.2 Å². The summed E-state index contributed by atoms with van der Waals surface area (Å²) in [6, 6.07) is 6.79. The molecule has 1 saturated heterocycles. The third kappa shape index (κ3) is 3.30. The maximum atomic E-state index is 13.8. The lowest BCUT2D eigenvalue weighted by molar-refractivity contribution is -0.140. The fraction of sp³-hybridized carbons (Fsp3) is 0.542. The van der Waals surface area contributed by atoms with E-state index in [0.29, 0.717) is 25.9 Å². The van der Waals surface area contributed by atoms with Gasteiger partial charge in [-0.2, -0.15) is 0 Å². The first-order valence-corrected chi connectivity index (χ1v) is 11.2. The van der Waals surface area contributed by atoms with Gasteiger partial charge in [-0.25, -0.2) is 9.69 Å². The van der Waals surface area contributed by atoms with E-state index in [4.69, 9.17) is 0 Å². The molecule has 2 aliphatic heterocycles. The largest absolute Gasteiger partial charge is 0.356 e. The number of amides is 4. The van der Waals surface area contributed by atoms with Crippen LogP contribution in [0.3, 0.4) is 0 Å². The van der Waals surface area contributed by atoms with Crippen molar-refractivity contribution in [1.82, 2.24) is 20.1 Å². The highest BCUT2D eigenvalue weighted by Crippen LogP contribution is 2.44. The van der Waals surface area contributed by atoms with Crippen molar-refractivity contribution in [3.05, 3.63) is 35.5 Å². The van der Waals surface area contributed by atoms with Crippen LogP contribution in [0, 0.1) is 11.8 Å². The van der Waals surface area contributed by atoms with Crippen LogP contribution in [0.5, 0.6) is 0 Å². The van der Waals surface area contributed by atoms with Gasteiger partial charge in [-0.05, 0) is 43.2 Å². The maximum Gasteiger partial charge on any atom is 0.328 e. The molecule has 2 aliphatic rings. The van der Waals surface area contributed by atoms with Crippen molar-refractivity contribution in [2.75, 3.05) is 13.1 Å². The molecule has 1 fully saturated rings. The number of aromatic nitrogens is 1. The summed E-state index contributed by atoms with van der Waals surface area (Å²) in [4.78, 5) is 46.7. The molecule has 166 valence electrons. The van der Waals surface area contributed by atoms with Gasteiger partial charge in [0.15, 0.2) is 5.54 Å². The molecule has 7 heteroatoms. The second kappa shape index (κ2) is 7.70. The van der Waals surface area contributed by atoms with E-state index in [1.54, 1.807) is 11.8 Å². The molecule has 2 atom stereocenters. The van der Waals surface area contributed by atoms with Crippen LogP contribution in [0.25, 0.3) is 10.9 Å². The molecule has 1 aromatic carbocycles. The zero-order valence-corrected chi connectivity index (χ0v) is 19.0. The van der Waals surface area contributed by atoms with Crippen LogP contribution in [-0.4, -0.2) is 51.8 Å². The number of nitrogens with zero attached hydrogens (tertiary/aromatic N) is 2. The van der Waals surface area contributed by atoms with Crippen LogP contribution in [0.2, 0.25) is 0 Å². The van der Waals surface area contributed by atoms with Gasteiger partial charge in [0, 0.05) is 24.0 Å². The van der Waals surface area contributed by atoms with Crippen LogP contribution in [0.4, 0.5) is 4.79 Å².